The van der Waals surface area contributed by atoms with Crippen molar-refractivity contribution >= 4 is 33.3 Å². The molecule has 0 aliphatic carbocycles. The Morgan fingerprint density at radius 3 is 0.795 bits per heavy atom. The zero-order chi connectivity index (χ0) is 51.8. The summed E-state index contributed by atoms with van der Waals surface area (Å²) in [6.07, 6.45) is 62.9. The van der Waals surface area contributed by atoms with Gasteiger partial charge in [0.2, 0.25) is 0 Å². The Balaban J connectivity index is 1.49. The molecular formula is C72H114S. The molecule has 408 valence electrons. The van der Waals surface area contributed by atoms with E-state index in [1.165, 1.54) is 326 Å². The fourth-order valence-electron chi connectivity index (χ4n) is 11.7. The highest BCUT2D eigenvalue weighted by molar-refractivity contribution is 7.98. The van der Waals surface area contributed by atoms with Crippen molar-refractivity contribution in [3.63, 3.8) is 0 Å². The molecule has 4 aromatic rings. The van der Waals surface area contributed by atoms with E-state index in [0.29, 0.717) is 0 Å². The van der Waals surface area contributed by atoms with Gasteiger partial charge < -0.3 is 0 Å². The van der Waals surface area contributed by atoms with E-state index in [4.69, 9.17) is 0 Å². The van der Waals surface area contributed by atoms with E-state index in [1.807, 2.05) is 11.8 Å². The predicted octanol–water partition coefficient (Wildman–Crippen LogP) is 24.3. The molecule has 0 N–H and O–H groups in total. The molecule has 0 nitrogen and oxygen atoms in total. The van der Waals surface area contributed by atoms with Crippen LogP contribution in [0.15, 0.2) is 53.4 Å². The largest absolute Gasteiger partial charge is 0.128 e. The second kappa shape index (κ2) is 41.5. The van der Waals surface area contributed by atoms with Gasteiger partial charge in [-0.15, -0.1) is 11.8 Å². The minimum Gasteiger partial charge on any atom is -0.128 e. The van der Waals surface area contributed by atoms with Crippen LogP contribution in [0.25, 0.3) is 21.5 Å². The van der Waals surface area contributed by atoms with E-state index >= 15 is 0 Å². The first kappa shape index (κ1) is 62.8. The minimum absolute atomic E-state index is 1.18. The zero-order valence-electron chi connectivity index (χ0n) is 49.1. The normalized spacial score (nSPS) is 11.6. The first-order chi connectivity index (χ1) is 36.0. The quantitative estimate of drug-likeness (QED) is 0.0242. The van der Waals surface area contributed by atoms with Crippen molar-refractivity contribution in [2.24, 2.45) is 0 Å². The Hall–Kier alpha value is -2.69. The molecule has 0 amide bonds. The second-order valence-corrected chi connectivity index (χ2v) is 24.0. The Kier molecular flexibility index (Phi) is 35.7. The zero-order valence-corrected chi connectivity index (χ0v) is 50.0. The highest BCUT2D eigenvalue weighted by Gasteiger charge is 2.12. The number of fused-ring (bicyclic) bond motifs is 2. The van der Waals surface area contributed by atoms with Gasteiger partial charge in [-0.05, 0) is 132 Å². The van der Waals surface area contributed by atoms with Crippen molar-refractivity contribution in [2.75, 3.05) is 6.26 Å². The average molecular weight is 1010 g/mol. The lowest BCUT2D eigenvalue weighted by atomic mass is 9.91. The maximum Gasteiger partial charge on any atom is 0.0391 e. The maximum atomic E-state index is 3.76. The van der Waals surface area contributed by atoms with Crippen molar-refractivity contribution in [1.82, 2.24) is 0 Å². The third kappa shape index (κ3) is 26.8. The fraction of sp³-hybridized carbons (Fsp3) is 0.694. The molecule has 1 heteroatoms. The van der Waals surface area contributed by atoms with Crippen molar-refractivity contribution in [3.05, 3.63) is 87.5 Å². The van der Waals surface area contributed by atoms with Gasteiger partial charge >= 0.3 is 0 Å². The third-order valence-electron chi connectivity index (χ3n) is 16.5. The summed E-state index contributed by atoms with van der Waals surface area (Å²) in [5.74, 6) is 7.51. The van der Waals surface area contributed by atoms with Crippen LogP contribution in [0, 0.1) is 18.8 Å². The van der Waals surface area contributed by atoms with Crippen molar-refractivity contribution in [1.29, 1.82) is 0 Å². The van der Waals surface area contributed by atoms with Crippen molar-refractivity contribution in [2.45, 2.75) is 322 Å². The predicted molar refractivity (Wildman–Crippen MR) is 333 cm³/mol. The number of aryl methyl sites for hydroxylation is 5. The van der Waals surface area contributed by atoms with Gasteiger partial charge in [0.05, 0.1) is 0 Å². The summed E-state index contributed by atoms with van der Waals surface area (Å²) in [4.78, 5) is 1.31. The number of unbranched alkanes of at least 4 members (excludes halogenated alkanes) is 36. The molecule has 0 atom stereocenters. The van der Waals surface area contributed by atoms with Crippen LogP contribution in [0.2, 0.25) is 0 Å². The van der Waals surface area contributed by atoms with Gasteiger partial charge in [0.1, 0.15) is 0 Å². The van der Waals surface area contributed by atoms with Crippen LogP contribution in [0.4, 0.5) is 0 Å². The first-order valence-electron chi connectivity index (χ1n) is 32.2. The summed E-state index contributed by atoms with van der Waals surface area (Å²) < 4.78 is 0. The van der Waals surface area contributed by atoms with E-state index in [-0.39, 0.29) is 0 Å². The summed E-state index contributed by atoms with van der Waals surface area (Å²) in [6.45, 7) is 11.6. The summed E-state index contributed by atoms with van der Waals surface area (Å²) in [6, 6.07) is 20.1. The van der Waals surface area contributed by atoms with Gasteiger partial charge in [0.15, 0.2) is 0 Å². The van der Waals surface area contributed by atoms with E-state index in [9.17, 15) is 0 Å². The maximum absolute atomic E-state index is 3.76. The molecule has 0 aliphatic rings. The van der Waals surface area contributed by atoms with Crippen LogP contribution in [0.1, 0.15) is 323 Å². The summed E-state index contributed by atoms with van der Waals surface area (Å²) in [5, 5.41) is 5.54. The van der Waals surface area contributed by atoms with Crippen molar-refractivity contribution in [3.8, 4) is 11.8 Å². The van der Waals surface area contributed by atoms with E-state index in [2.05, 4.69) is 101 Å². The van der Waals surface area contributed by atoms with E-state index in [1.54, 1.807) is 22.3 Å². The van der Waals surface area contributed by atoms with Crippen LogP contribution in [0.3, 0.4) is 0 Å². The number of thioether (sulfide) groups is 1. The standard InChI is InChI=1S/C72H114S/c1-7-11-15-19-23-27-31-35-39-43-47-63-55-68-53-61(5)62(54-69(68)56-64(63)48-44-40-36-32-28-24-20-16-12-8-2)51-52-67-59-70-57-65(49-45-41-37-33-29-25-21-17-13-9-3)66(58-71(70)60-72(67)73-6)50-46-42-38-34-30-26-22-18-14-10-4/h53-60H,7-50H2,1-6H3. The molecule has 0 bridgehead atoms. The lowest BCUT2D eigenvalue weighted by Crippen LogP contribution is -1.98. The molecule has 73 heavy (non-hydrogen) atoms. The molecule has 0 radical (unpaired) electrons. The second-order valence-electron chi connectivity index (χ2n) is 23.1. The molecule has 0 aliphatic heterocycles. The van der Waals surface area contributed by atoms with Crippen LogP contribution in [0.5, 0.6) is 0 Å². The SMILES string of the molecule is CCCCCCCCCCCCc1cc2cc(C)c(C#Cc3cc4cc(CCCCCCCCCCCC)c(CCCCCCCCCCCC)cc4cc3SC)cc2cc1CCCCCCCCCCCC. The van der Waals surface area contributed by atoms with E-state index in [0.717, 1.165) is 0 Å². The van der Waals surface area contributed by atoms with E-state index < -0.39 is 0 Å². The third-order valence-corrected chi connectivity index (χ3v) is 17.3. The number of hydrogen-bond acceptors (Lipinski definition) is 1. The van der Waals surface area contributed by atoms with Crippen LogP contribution >= 0.6 is 11.8 Å². The van der Waals surface area contributed by atoms with Gasteiger partial charge in [0, 0.05) is 16.0 Å². The Morgan fingerprint density at radius 1 is 0.274 bits per heavy atom. The highest BCUT2D eigenvalue weighted by atomic mass is 32.2. The minimum atomic E-state index is 1.18. The van der Waals surface area contributed by atoms with Crippen LogP contribution < -0.4 is 0 Å². The summed E-state index contributed by atoms with van der Waals surface area (Å²) >= 11 is 1.86. The van der Waals surface area contributed by atoms with Gasteiger partial charge in [0.25, 0.3) is 0 Å². The number of hydrogen-bond donors (Lipinski definition) is 0. The Labute approximate surface area is 458 Å². The van der Waals surface area contributed by atoms with Crippen molar-refractivity contribution < 1.29 is 0 Å². The Morgan fingerprint density at radius 2 is 0.507 bits per heavy atom. The molecular weight excluding hydrogens is 897 g/mol. The molecule has 0 heterocycles. The van der Waals surface area contributed by atoms with Gasteiger partial charge in [-0.1, -0.05) is 301 Å². The Bertz CT molecular complexity index is 2070. The molecule has 0 saturated carbocycles. The molecule has 0 spiro atoms. The fourth-order valence-corrected chi connectivity index (χ4v) is 12.2. The topological polar surface area (TPSA) is 0 Å². The first-order valence-corrected chi connectivity index (χ1v) is 33.4. The molecule has 4 rings (SSSR count). The molecule has 0 saturated heterocycles. The van der Waals surface area contributed by atoms with Gasteiger partial charge in [-0.3, -0.25) is 0 Å². The summed E-state index contributed by atoms with van der Waals surface area (Å²) in [5.41, 5.74) is 10.1. The molecule has 0 aromatic heterocycles. The monoisotopic (exact) mass is 1010 g/mol. The molecule has 0 fully saturated rings. The van der Waals surface area contributed by atoms with Gasteiger partial charge in [-0.25, -0.2) is 0 Å². The van der Waals surface area contributed by atoms with Gasteiger partial charge in [-0.2, -0.15) is 0 Å². The lowest BCUT2D eigenvalue weighted by molar-refractivity contribution is 0.553. The summed E-state index contributed by atoms with van der Waals surface area (Å²) in [7, 11) is 0. The van der Waals surface area contributed by atoms with Crippen LogP contribution in [-0.2, 0) is 25.7 Å². The molecule has 0 unspecified atom stereocenters. The molecule has 4 aromatic carbocycles. The highest BCUT2D eigenvalue weighted by Crippen LogP contribution is 2.32. The number of rotatable bonds is 45. The average Bonchev–Trinajstić information content (AvgIpc) is 3.40. The van der Waals surface area contributed by atoms with Crippen LogP contribution in [-0.4, -0.2) is 6.26 Å². The number of benzene rings is 4. The lowest BCUT2D eigenvalue weighted by Gasteiger charge is -2.14. The smallest absolute Gasteiger partial charge is 0.0391 e.